The van der Waals surface area contributed by atoms with E-state index in [1.54, 1.807) is 7.11 Å². The Hall–Kier alpha value is -2.77. The smallest absolute Gasteiger partial charge is 0.271 e. The zero-order chi connectivity index (χ0) is 20.9. The van der Waals surface area contributed by atoms with Crippen molar-refractivity contribution in [2.24, 2.45) is 0 Å². The van der Waals surface area contributed by atoms with Crippen LogP contribution in [0.25, 0.3) is 0 Å². The Morgan fingerprint density at radius 3 is 2.53 bits per heavy atom. The van der Waals surface area contributed by atoms with Crippen LogP contribution in [-0.2, 0) is 6.54 Å². The van der Waals surface area contributed by atoms with Crippen molar-refractivity contribution < 1.29 is 9.53 Å². The Balaban J connectivity index is 1.33. The second kappa shape index (κ2) is 9.36. The number of thiazole rings is 1. The lowest BCUT2D eigenvalue weighted by molar-refractivity contribution is 0.0946. The highest BCUT2D eigenvalue weighted by Crippen LogP contribution is 2.25. The average molecular weight is 443 g/mol. The first-order chi connectivity index (χ1) is 14.6. The summed E-state index contributed by atoms with van der Waals surface area (Å²) < 4.78 is 5.33. The predicted molar refractivity (Wildman–Crippen MR) is 122 cm³/mol. The first kappa shape index (κ1) is 20.5. The first-order valence-corrected chi connectivity index (χ1v) is 11.0. The van der Waals surface area contributed by atoms with Crippen LogP contribution in [0, 0.1) is 0 Å². The summed E-state index contributed by atoms with van der Waals surface area (Å²) >= 11 is 7.49. The summed E-state index contributed by atoms with van der Waals surface area (Å²) in [6.07, 6.45) is 0. The molecule has 6 nitrogen and oxygen atoms in total. The molecule has 0 unspecified atom stereocenters. The summed E-state index contributed by atoms with van der Waals surface area (Å²) in [5.74, 6) is 0.582. The molecule has 2 aromatic carbocycles. The summed E-state index contributed by atoms with van der Waals surface area (Å²) in [7, 11) is 1.63. The molecule has 1 aliphatic rings. The highest BCUT2D eigenvalue weighted by Gasteiger charge is 2.21. The number of carbonyl (C=O) groups is 1. The van der Waals surface area contributed by atoms with Gasteiger partial charge in [0.25, 0.3) is 5.91 Å². The van der Waals surface area contributed by atoms with E-state index < -0.39 is 0 Å². The van der Waals surface area contributed by atoms with Crippen LogP contribution in [-0.4, -0.2) is 44.2 Å². The van der Waals surface area contributed by atoms with Crippen LogP contribution in [0.5, 0.6) is 5.75 Å². The minimum Gasteiger partial charge on any atom is -0.496 e. The Labute approximate surface area is 185 Å². The summed E-state index contributed by atoms with van der Waals surface area (Å²) in [6.45, 7) is 3.92. The van der Waals surface area contributed by atoms with Crippen molar-refractivity contribution in [2.45, 2.75) is 6.54 Å². The van der Waals surface area contributed by atoms with Crippen LogP contribution in [0.2, 0.25) is 5.02 Å². The number of nitrogens with one attached hydrogen (secondary N) is 1. The van der Waals surface area contributed by atoms with Crippen molar-refractivity contribution in [3.8, 4) is 5.75 Å². The van der Waals surface area contributed by atoms with E-state index in [0.717, 1.165) is 47.6 Å². The number of aromatic nitrogens is 1. The van der Waals surface area contributed by atoms with Gasteiger partial charge in [-0.05, 0) is 30.3 Å². The van der Waals surface area contributed by atoms with Gasteiger partial charge in [0.15, 0.2) is 5.13 Å². The van der Waals surface area contributed by atoms with Gasteiger partial charge in [0.2, 0.25) is 0 Å². The first-order valence-electron chi connectivity index (χ1n) is 9.75. The SMILES string of the molecule is COc1ccccc1CNC(=O)c1csc(N2CCN(c3ccc(Cl)cc3)CC2)n1. The number of methoxy groups -OCH3 is 1. The number of para-hydroxylation sites is 1. The molecule has 0 radical (unpaired) electrons. The summed E-state index contributed by atoms with van der Waals surface area (Å²) in [4.78, 5) is 21.7. The van der Waals surface area contributed by atoms with Crippen LogP contribution in [0.15, 0.2) is 53.9 Å². The van der Waals surface area contributed by atoms with Gasteiger partial charge in [-0.1, -0.05) is 29.8 Å². The molecule has 4 rings (SSSR count). The lowest BCUT2D eigenvalue weighted by Gasteiger charge is -2.36. The minimum atomic E-state index is -0.178. The van der Waals surface area contributed by atoms with Gasteiger partial charge in [-0.2, -0.15) is 0 Å². The third-order valence-corrected chi connectivity index (χ3v) is 6.25. The fourth-order valence-corrected chi connectivity index (χ4v) is 4.42. The van der Waals surface area contributed by atoms with E-state index in [1.807, 2.05) is 53.9 Å². The van der Waals surface area contributed by atoms with Crippen molar-refractivity contribution in [1.82, 2.24) is 10.3 Å². The molecular weight excluding hydrogens is 420 g/mol. The molecule has 1 saturated heterocycles. The molecule has 0 atom stereocenters. The Bertz CT molecular complexity index is 1000. The summed E-state index contributed by atoms with van der Waals surface area (Å²) in [5, 5.41) is 6.37. The molecule has 156 valence electrons. The minimum absolute atomic E-state index is 0.178. The molecule has 1 aliphatic heterocycles. The maximum absolute atomic E-state index is 12.5. The average Bonchev–Trinajstić information content (AvgIpc) is 3.29. The summed E-state index contributed by atoms with van der Waals surface area (Å²) in [5.41, 5.74) is 2.56. The fraction of sp³-hybridized carbons (Fsp3) is 0.273. The molecule has 1 fully saturated rings. The molecule has 2 heterocycles. The van der Waals surface area contributed by atoms with Gasteiger partial charge in [-0.3, -0.25) is 4.79 Å². The zero-order valence-corrected chi connectivity index (χ0v) is 18.2. The van der Waals surface area contributed by atoms with Gasteiger partial charge < -0.3 is 19.9 Å². The number of rotatable bonds is 6. The van der Waals surface area contributed by atoms with Crippen LogP contribution < -0.4 is 19.9 Å². The highest BCUT2D eigenvalue weighted by atomic mass is 35.5. The van der Waals surface area contributed by atoms with Crippen molar-refractivity contribution >= 4 is 39.7 Å². The van der Waals surface area contributed by atoms with Crippen LogP contribution in [0.1, 0.15) is 16.1 Å². The summed E-state index contributed by atoms with van der Waals surface area (Å²) in [6, 6.07) is 15.6. The number of halogens is 1. The quantitative estimate of drug-likeness (QED) is 0.623. The second-order valence-electron chi connectivity index (χ2n) is 6.96. The molecule has 0 aliphatic carbocycles. The Morgan fingerprint density at radius 1 is 1.10 bits per heavy atom. The number of hydrogen-bond acceptors (Lipinski definition) is 6. The van der Waals surface area contributed by atoms with E-state index in [4.69, 9.17) is 16.3 Å². The predicted octanol–water partition coefficient (Wildman–Crippen LogP) is 4.06. The molecule has 0 spiro atoms. The van der Waals surface area contributed by atoms with E-state index >= 15 is 0 Å². The number of ether oxygens (including phenoxy) is 1. The third-order valence-electron chi connectivity index (χ3n) is 5.10. The van der Waals surface area contributed by atoms with Gasteiger partial charge in [0, 0.05) is 54.4 Å². The number of anilines is 2. The molecular formula is C22H23ClN4O2S. The van der Waals surface area contributed by atoms with Crippen molar-refractivity contribution in [1.29, 1.82) is 0 Å². The Kier molecular flexibility index (Phi) is 6.40. The lowest BCUT2D eigenvalue weighted by Crippen LogP contribution is -2.46. The van der Waals surface area contributed by atoms with E-state index in [9.17, 15) is 4.79 Å². The topological polar surface area (TPSA) is 57.7 Å². The van der Waals surface area contributed by atoms with Crippen LogP contribution in [0.3, 0.4) is 0 Å². The maximum atomic E-state index is 12.5. The van der Waals surface area contributed by atoms with E-state index in [2.05, 4.69) is 20.1 Å². The highest BCUT2D eigenvalue weighted by molar-refractivity contribution is 7.13. The molecule has 3 aromatic rings. The van der Waals surface area contributed by atoms with Gasteiger partial charge in [0.1, 0.15) is 11.4 Å². The van der Waals surface area contributed by atoms with E-state index in [0.29, 0.717) is 12.2 Å². The number of benzene rings is 2. The monoisotopic (exact) mass is 442 g/mol. The second-order valence-corrected chi connectivity index (χ2v) is 8.23. The normalized spacial score (nSPS) is 13.9. The third kappa shape index (κ3) is 4.68. The van der Waals surface area contributed by atoms with E-state index in [1.165, 1.54) is 17.0 Å². The number of hydrogen-bond donors (Lipinski definition) is 1. The molecule has 0 bridgehead atoms. The molecule has 8 heteroatoms. The molecule has 0 saturated carbocycles. The fourth-order valence-electron chi connectivity index (χ4n) is 3.44. The molecule has 1 N–H and O–H groups in total. The standard InChI is InChI=1S/C22H23ClN4O2S/c1-29-20-5-3-2-4-16(20)14-24-21(28)19-15-30-22(25-19)27-12-10-26(11-13-27)18-8-6-17(23)7-9-18/h2-9,15H,10-14H2,1H3,(H,24,28). The molecule has 1 amide bonds. The van der Waals surface area contributed by atoms with Crippen molar-refractivity contribution in [3.63, 3.8) is 0 Å². The van der Waals surface area contributed by atoms with Gasteiger partial charge in [-0.15, -0.1) is 11.3 Å². The van der Waals surface area contributed by atoms with Gasteiger partial charge in [0.05, 0.1) is 7.11 Å². The molecule has 1 aromatic heterocycles. The lowest BCUT2D eigenvalue weighted by atomic mass is 10.2. The van der Waals surface area contributed by atoms with Crippen LogP contribution >= 0.6 is 22.9 Å². The largest absolute Gasteiger partial charge is 0.496 e. The van der Waals surface area contributed by atoms with Crippen LogP contribution in [0.4, 0.5) is 10.8 Å². The van der Waals surface area contributed by atoms with Crippen molar-refractivity contribution in [3.05, 3.63) is 70.2 Å². The number of nitrogens with zero attached hydrogens (tertiary/aromatic N) is 3. The zero-order valence-electron chi connectivity index (χ0n) is 16.7. The van der Waals surface area contributed by atoms with Gasteiger partial charge in [-0.25, -0.2) is 4.98 Å². The number of carbonyl (C=O) groups excluding carboxylic acids is 1. The Morgan fingerprint density at radius 2 is 1.80 bits per heavy atom. The maximum Gasteiger partial charge on any atom is 0.271 e. The van der Waals surface area contributed by atoms with E-state index in [-0.39, 0.29) is 5.91 Å². The number of amides is 1. The number of piperazine rings is 1. The van der Waals surface area contributed by atoms with Gasteiger partial charge >= 0.3 is 0 Å². The molecule has 30 heavy (non-hydrogen) atoms. The van der Waals surface area contributed by atoms with Crippen molar-refractivity contribution in [2.75, 3.05) is 43.1 Å².